The zero-order valence-corrected chi connectivity index (χ0v) is 10.3. The van der Waals surface area contributed by atoms with E-state index in [0.717, 1.165) is 12.4 Å². The number of hydrogen-bond donors (Lipinski definition) is 1. The predicted molar refractivity (Wildman–Crippen MR) is 72.3 cm³/mol. The molecule has 1 N–H and O–H groups in total. The SMILES string of the molecule is C[C@H](CNc1ccc(C#N)cn1)c1ccccc1. The minimum Gasteiger partial charge on any atom is -0.369 e. The molecule has 2 rings (SSSR count). The molecular formula is C15H15N3. The molecule has 0 amide bonds. The molecule has 0 radical (unpaired) electrons. The summed E-state index contributed by atoms with van der Waals surface area (Å²) < 4.78 is 0. The van der Waals surface area contributed by atoms with Crippen molar-refractivity contribution in [2.45, 2.75) is 12.8 Å². The van der Waals surface area contributed by atoms with Crippen LogP contribution in [0, 0.1) is 11.3 Å². The molecule has 1 aromatic carbocycles. The van der Waals surface area contributed by atoms with Gasteiger partial charge in [-0.2, -0.15) is 5.26 Å². The van der Waals surface area contributed by atoms with Gasteiger partial charge >= 0.3 is 0 Å². The van der Waals surface area contributed by atoms with E-state index in [4.69, 9.17) is 5.26 Å². The van der Waals surface area contributed by atoms with Crippen molar-refractivity contribution in [3.63, 3.8) is 0 Å². The van der Waals surface area contributed by atoms with Crippen molar-refractivity contribution in [1.29, 1.82) is 5.26 Å². The van der Waals surface area contributed by atoms with Crippen LogP contribution in [0.25, 0.3) is 0 Å². The normalized spacial score (nSPS) is 11.6. The fraction of sp³-hybridized carbons (Fsp3) is 0.200. The van der Waals surface area contributed by atoms with E-state index in [-0.39, 0.29) is 0 Å². The Kier molecular flexibility index (Phi) is 3.93. The number of pyridine rings is 1. The average molecular weight is 237 g/mol. The number of aromatic nitrogens is 1. The maximum Gasteiger partial charge on any atom is 0.125 e. The molecule has 1 aromatic heterocycles. The van der Waals surface area contributed by atoms with Gasteiger partial charge in [-0.3, -0.25) is 0 Å². The lowest BCUT2D eigenvalue weighted by Gasteiger charge is -2.13. The summed E-state index contributed by atoms with van der Waals surface area (Å²) in [5.41, 5.74) is 1.88. The van der Waals surface area contributed by atoms with Gasteiger partial charge in [0.2, 0.25) is 0 Å². The third-order valence-corrected chi connectivity index (χ3v) is 2.85. The largest absolute Gasteiger partial charge is 0.369 e. The zero-order valence-electron chi connectivity index (χ0n) is 10.3. The van der Waals surface area contributed by atoms with Gasteiger partial charge in [-0.25, -0.2) is 4.98 Å². The standard InChI is InChI=1S/C15H15N3/c1-12(14-5-3-2-4-6-14)10-17-15-8-7-13(9-16)11-18-15/h2-8,11-12H,10H2,1H3,(H,17,18)/t12-/m1/s1. The summed E-state index contributed by atoms with van der Waals surface area (Å²) in [7, 11) is 0. The molecule has 0 fully saturated rings. The van der Waals surface area contributed by atoms with Crippen LogP contribution in [0.15, 0.2) is 48.7 Å². The summed E-state index contributed by atoms with van der Waals surface area (Å²) in [6, 6.07) is 16.0. The summed E-state index contributed by atoms with van der Waals surface area (Å²) in [6.45, 7) is 2.99. The number of benzene rings is 1. The molecule has 1 heterocycles. The van der Waals surface area contributed by atoms with Gasteiger partial charge in [0.15, 0.2) is 0 Å². The highest BCUT2D eigenvalue weighted by Gasteiger charge is 2.04. The molecular weight excluding hydrogens is 222 g/mol. The van der Waals surface area contributed by atoms with Crippen LogP contribution in [-0.4, -0.2) is 11.5 Å². The van der Waals surface area contributed by atoms with Crippen molar-refractivity contribution in [1.82, 2.24) is 4.98 Å². The third kappa shape index (κ3) is 3.08. The van der Waals surface area contributed by atoms with Gasteiger partial charge in [0, 0.05) is 12.7 Å². The number of hydrogen-bond acceptors (Lipinski definition) is 3. The smallest absolute Gasteiger partial charge is 0.125 e. The second-order valence-electron chi connectivity index (χ2n) is 4.24. The fourth-order valence-corrected chi connectivity index (χ4v) is 1.72. The van der Waals surface area contributed by atoms with E-state index in [1.807, 2.05) is 24.3 Å². The van der Waals surface area contributed by atoms with Gasteiger partial charge in [-0.1, -0.05) is 37.3 Å². The van der Waals surface area contributed by atoms with E-state index >= 15 is 0 Å². The monoisotopic (exact) mass is 237 g/mol. The number of nitrogens with one attached hydrogen (secondary N) is 1. The second-order valence-corrected chi connectivity index (χ2v) is 4.24. The molecule has 90 valence electrons. The summed E-state index contributed by atoms with van der Waals surface area (Å²) in [5, 5.41) is 12.0. The lowest BCUT2D eigenvalue weighted by Crippen LogP contribution is -2.10. The Balaban J connectivity index is 1.93. The lowest BCUT2D eigenvalue weighted by atomic mass is 10.0. The Bertz CT molecular complexity index is 526. The fourth-order valence-electron chi connectivity index (χ4n) is 1.72. The highest BCUT2D eigenvalue weighted by Crippen LogP contribution is 2.15. The molecule has 0 unspecified atom stereocenters. The van der Waals surface area contributed by atoms with Gasteiger partial charge in [0.05, 0.1) is 5.56 Å². The van der Waals surface area contributed by atoms with Crippen LogP contribution in [0.3, 0.4) is 0 Å². The molecule has 3 nitrogen and oxygen atoms in total. The molecule has 0 saturated heterocycles. The van der Waals surface area contributed by atoms with E-state index in [9.17, 15) is 0 Å². The van der Waals surface area contributed by atoms with Crippen LogP contribution in [0.2, 0.25) is 0 Å². The van der Waals surface area contributed by atoms with Crippen LogP contribution in [0.1, 0.15) is 24.0 Å². The second kappa shape index (κ2) is 5.83. The molecule has 3 heteroatoms. The Labute approximate surface area is 107 Å². The quantitative estimate of drug-likeness (QED) is 0.888. The maximum absolute atomic E-state index is 8.68. The van der Waals surface area contributed by atoms with E-state index in [1.54, 1.807) is 12.3 Å². The van der Waals surface area contributed by atoms with Gasteiger partial charge in [-0.05, 0) is 23.6 Å². The topological polar surface area (TPSA) is 48.7 Å². The van der Waals surface area contributed by atoms with Crippen molar-refractivity contribution >= 4 is 5.82 Å². The minimum absolute atomic E-state index is 0.420. The predicted octanol–water partition coefficient (Wildman–Crippen LogP) is 3.17. The van der Waals surface area contributed by atoms with Gasteiger partial charge in [0.1, 0.15) is 11.9 Å². The van der Waals surface area contributed by atoms with Crippen LogP contribution < -0.4 is 5.32 Å². The Morgan fingerprint density at radius 2 is 2.00 bits per heavy atom. The highest BCUT2D eigenvalue weighted by atomic mass is 15.0. The molecule has 0 aliphatic carbocycles. The van der Waals surface area contributed by atoms with Crippen molar-refractivity contribution in [2.75, 3.05) is 11.9 Å². The Morgan fingerprint density at radius 1 is 1.22 bits per heavy atom. The van der Waals surface area contributed by atoms with Crippen molar-refractivity contribution < 1.29 is 0 Å². The van der Waals surface area contributed by atoms with Crippen LogP contribution in [0.5, 0.6) is 0 Å². The van der Waals surface area contributed by atoms with E-state index in [0.29, 0.717) is 11.5 Å². The number of rotatable bonds is 4. The first kappa shape index (κ1) is 12.1. The minimum atomic E-state index is 0.420. The van der Waals surface area contributed by atoms with Crippen molar-refractivity contribution in [2.24, 2.45) is 0 Å². The van der Waals surface area contributed by atoms with Crippen molar-refractivity contribution in [3.05, 3.63) is 59.8 Å². The van der Waals surface area contributed by atoms with E-state index in [2.05, 4.69) is 35.4 Å². The molecule has 0 aliphatic rings. The lowest BCUT2D eigenvalue weighted by molar-refractivity contribution is 0.801. The highest BCUT2D eigenvalue weighted by molar-refractivity contribution is 5.39. The molecule has 1 atom stereocenters. The molecule has 0 saturated carbocycles. The van der Waals surface area contributed by atoms with Crippen LogP contribution >= 0.6 is 0 Å². The van der Waals surface area contributed by atoms with Crippen LogP contribution in [-0.2, 0) is 0 Å². The number of anilines is 1. The van der Waals surface area contributed by atoms with E-state index in [1.165, 1.54) is 5.56 Å². The number of nitriles is 1. The first-order valence-corrected chi connectivity index (χ1v) is 5.94. The summed E-state index contributed by atoms with van der Waals surface area (Å²) in [6.07, 6.45) is 1.58. The van der Waals surface area contributed by atoms with Gasteiger partial charge in [-0.15, -0.1) is 0 Å². The molecule has 0 bridgehead atoms. The average Bonchev–Trinajstić information content (AvgIpc) is 2.46. The summed E-state index contributed by atoms with van der Waals surface area (Å²) >= 11 is 0. The van der Waals surface area contributed by atoms with Crippen LogP contribution in [0.4, 0.5) is 5.82 Å². The number of nitrogens with zero attached hydrogens (tertiary/aromatic N) is 2. The Morgan fingerprint density at radius 3 is 2.61 bits per heavy atom. The summed E-state index contributed by atoms with van der Waals surface area (Å²) in [5.74, 6) is 1.22. The molecule has 18 heavy (non-hydrogen) atoms. The molecule has 0 aliphatic heterocycles. The zero-order chi connectivity index (χ0) is 12.8. The molecule has 2 aromatic rings. The maximum atomic E-state index is 8.68. The first-order chi connectivity index (χ1) is 8.79. The van der Waals surface area contributed by atoms with Gasteiger partial charge < -0.3 is 5.32 Å². The Hall–Kier alpha value is -2.34. The van der Waals surface area contributed by atoms with E-state index < -0.39 is 0 Å². The summed E-state index contributed by atoms with van der Waals surface area (Å²) in [4.78, 5) is 4.18. The van der Waals surface area contributed by atoms with Gasteiger partial charge in [0.25, 0.3) is 0 Å². The molecule has 0 spiro atoms. The van der Waals surface area contributed by atoms with Crippen molar-refractivity contribution in [3.8, 4) is 6.07 Å². The first-order valence-electron chi connectivity index (χ1n) is 5.94. The third-order valence-electron chi connectivity index (χ3n) is 2.85.